The molecule has 34 heavy (non-hydrogen) atoms. The highest BCUT2D eigenvalue weighted by Gasteiger charge is 2.24. The van der Waals surface area contributed by atoms with Crippen LogP contribution in [0.3, 0.4) is 0 Å². The fraction of sp³-hybridized carbons (Fsp3) is 0.440. The fourth-order valence-electron chi connectivity index (χ4n) is 4.39. The highest BCUT2D eigenvalue weighted by atomic mass is 16.5. The SMILES string of the molecule is Cc1c(C#N)c(NC(=O)CN(C)C(C)c2ccc(-n3cncn3)cc2)n(CC2CCCO2)c1C. The number of benzene rings is 1. The summed E-state index contributed by atoms with van der Waals surface area (Å²) in [7, 11) is 1.92. The van der Waals surface area contributed by atoms with Crippen LogP contribution in [0.2, 0.25) is 0 Å². The average Bonchev–Trinajstić information content (AvgIpc) is 3.59. The summed E-state index contributed by atoms with van der Waals surface area (Å²) in [5.74, 6) is 0.410. The Morgan fingerprint density at radius 2 is 2.12 bits per heavy atom. The van der Waals surface area contributed by atoms with Gasteiger partial charge >= 0.3 is 0 Å². The number of carbonyl (C=O) groups excluding carboxylic acids is 1. The van der Waals surface area contributed by atoms with Crippen LogP contribution in [0, 0.1) is 25.2 Å². The Morgan fingerprint density at radius 1 is 1.35 bits per heavy atom. The number of amides is 1. The van der Waals surface area contributed by atoms with E-state index in [1.54, 1.807) is 11.0 Å². The number of anilines is 1. The molecule has 1 aliphatic heterocycles. The molecule has 2 aromatic heterocycles. The summed E-state index contributed by atoms with van der Waals surface area (Å²) in [5.41, 5.74) is 4.41. The summed E-state index contributed by atoms with van der Waals surface area (Å²) in [4.78, 5) is 19.0. The van der Waals surface area contributed by atoms with Gasteiger partial charge in [-0.1, -0.05) is 12.1 Å². The van der Waals surface area contributed by atoms with E-state index in [4.69, 9.17) is 4.74 Å². The van der Waals surface area contributed by atoms with Crippen molar-refractivity contribution in [2.24, 2.45) is 0 Å². The minimum atomic E-state index is -0.156. The summed E-state index contributed by atoms with van der Waals surface area (Å²) >= 11 is 0. The highest BCUT2D eigenvalue weighted by molar-refractivity contribution is 5.93. The van der Waals surface area contributed by atoms with Crippen LogP contribution >= 0.6 is 0 Å². The first-order chi connectivity index (χ1) is 16.4. The molecule has 0 aliphatic carbocycles. The Balaban J connectivity index is 1.44. The molecule has 4 rings (SSSR count). The van der Waals surface area contributed by atoms with Crippen LogP contribution in [0.25, 0.3) is 5.69 Å². The van der Waals surface area contributed by atoms with Crippen molar-refractivity contribution in [1.82, 2.24) is 24.2 Å². The maximum atomic E-state index is 13.0. The number of aromatic nitrogens is 4. The van der Waals surface area contributed by atoms with Crippen LogP contribution in [0.5, 0.6) is 0 Å². The summed E-state index contributed by atoms with van der Waals surface area (Å²) in [5, 5.41) is 16.9. The molecule has 3 aromatic rings. The van der Waals surface area contributed by atoms with E-state index in [2.05, 4.69) is 28.4 Å². The number of nitrogens with one attached hydrogen (secondary N) is 1. The molecule has 2 atom stereocenters. The lowest BCUT2D eigenvalue weighted by molar-refractivity contribution is -0.117. The first-order valence-electron chi connectivity index (χ1n) is 11.6. The Labute approximate surface area is 200 Å². The molecule has 1 saturated heterocycles. The zero-order valence-electron chi connectivity index (χ0n) is 20.2. The monoisotopic (exact) mass is 461 g/mol. The lowest BCUT2D eigenvalue weighted by atomic mass is 10.1. The van der Waals surface area contributed by atoms with Crippen molar-refractivity contribution in [1.29, 1.82) is 5.26 Å². The minimum absolute atomic E-state index is 0.0214. The molecule has 1 fully saturated rings. The summed E-state index contributed by atoms with van der Waals surface area (Å²) in [6.07, 6.45) is 5.29. The van der Waals surface area contributed by atoms with E-state index in [1.807, 2.05) is 54.6 Å². The summed E-state index contributed by atoms with van der Waals surface area (Å²) in [6.45, 7) is 7.56. The number of carbonyl (C=O) groups is 1. The van der Waals surface area contributed by atoms with Gasteiger partial charge in [0.15, 0.2) is 0 Å². The number of nitriles is 1. The average molecular weight is 462 g/mol. The van der Waals surface area contributed by atoms with Crippen molar-refractivity contribution in [3.63, 3.8) is 0 Å². The second-order valence-corrected chi connectivity index (χ2v) is 8.86. The molecule has 0 saturated carbocycles. The molecule has 0 radical (unpaired) electrons. The Bertz CT molecular complexity index is 1170. The van der Waals surface area contributed by atoms with Crippen molar-refractivity contribution >= 4 is 11.7 Å². The molecule has 1 N–H and O–H groups in total. The van der Waals surface area contributed by atoms with Gasteiger partial charge in [0, 0.05) is 18.3 Å². The Morgan fingerprint density at radius 3 is 2.74 bits per heavy atom. The van der Waals surface area contributed by atoms with E-state index in [0.717, 1.165) is 42.0 Å². The fourth-order valence-corrected chi connectivity index (χ4v) is 4.39. The van der Waals surface area contributed by atoms with Crippen LogP contribution in [0.1, 0.15) is 48.2 Å². The molecular formula is C25H31N7O2. The number of hydrogen-bond acceptors (Lipinski definition) is 6. The second-order valence-electron chi connectivity index (χ2n) is 8.86. The van der Waals surface area contributed by atoms with Gasteiger partial charge in [-0.15, -0.1) is 0 Å². The quantitative estimate of drug-likeness (QED) is 0.552. The van der Waals surface area contributed by atoms with Gasteiger partial charge in [-0.3, -0.25) is 9.69 Å². The van der Waals surface area contributed by atoms with Gasteiger partial charge in [-0.25, -0.2) is 9.67 Å². The van der Waals surface area contributed by atoms with Gasteiger partial charge < -0.3 is 14.6 Å². The molecule has 0 spiro atoms. The number of nitrogens with zero attached hydrogens (tertiary/aromatic N) is 6. The van der Waals surface area contributed by atoms with Gasteiger partial charge in [0.05, 0.1) is 30.4 Å². The van der Waals surface area contributed by atoms with Crippen molar-refractivity contribution in [2.45, 2.75) is 52.3 Å². The Hall–Kier alpha value is -3.48. The van der Waals surface area contributed by atoms with Crippen molar-refractivity contribution in [2.75, 3.05) is 25.5 Å². The first kappa shape index (κ1) is 23.7. The van der Waals surface area contributed by atoms with Crippen molar-refractivity contribution < 1.29 is 9.53 Å². The van der Waals surface area contributed by atoms with Gasteiger partial charge in [0.25, 0.3) is 0 Å². The lowest BCUT2D eigenvalue weighted by Crippen LogP contribution is -2.33. The molecule has 0 bridgehead atoms. The third-order valence-electron chi connectivity index (χ3n) is 6.72. The van der Waals surface area contributed by atoms with E-state index in [0.29, 0.717) is 17.9 Å². The highest BCUT2D eigenvalue weighted by Crippen LogP contribution is 2.28. The molecule has 2 unspecified atom stereocenters. The van der Waals surface area contributed by atoms with Crippen molar-refractivity contribution in [3.05, 3.63) is 59.3 Å². The second kappa shape index (κ2) is 10.2. The van der Waals surface area contributed by atoms with E-state index < -0.39 is 0 Å². The first-order valence-corrected chi connectivity index (χ1v) is 11.6. The summed E-state index contributed by atoms with van der Waals surface area (Å²) in [6, 6.07) is 10.3. The smallest absolute Gasteiger partial charge is 0.239 e. The van der Waals surface area contributed by atoms with E-state index >= 15 is 0 Å². The van der Waals surface area contributed by atoms with Crippen LogP contribution in [0.4, 0.5) is 5.82 Å². The third-order valence-corrected chi connectivity index (χ3v) is 6.72. The minimum Gasteiger partial charge on any atom is -0.376 e. The van der Waals surface area contributed by atoms with Gasteiger partial charge in [0.2, 0.25) is 5.91 Å². The van der Waals surface area contributed by atoms with Crippen LogP contribution in [0.15, 0.2) is 36.9 Å². The number of likely N-dealkylation sites (N-methyl/N-ethyl adjacent to an activating group) is 1. The molecule has 9 nitrogen and oxygen atoms in total. The zero-order valence-corrected chi connectivity index (χ0v) is 20.2. The topological polar surface area (TPSA) is 101 Å². The standard InChI is InChI=1S/C25H31N7O2/c1-17-18(2)31(13-22-6-5-11-34-22)25(23(17)12-26)29-24(33)14-30(4)19(3)20-7-9-21(10-8-20)32-16-27-15-28-32/h7-10,15-16,19,22H,5-6,11,13-14H2,1-4H3,(H,29,33). The van der Waals surface area contributed by atoms with E-state index in [-0.39, 0.29) is 24.6 Å². The molecule has 1 aromatic carbocycles. The molecule has 1 aliphatic rings. The molecule has 9 heteroatoms. The van der Waals surface area contributed by atoms with Gasteiger partial charge in [0.1, 0.15) is 24.5 Å². The number of hydrogen-bond donors (Lipinski definition) is 1. The molecule has 1 amide bonds. The molecular weight excluding hydrogens is 430 g/mol. The number of rotatable bonds is 8. The van der Waals surface area contributed by atoms with Crippen LogP contribution in [-0.2, 0) is 16.1 Å². The summed E-state index contributed by atoms with van der Waals surface area (Å²) < 4.78 is 9.52. The molecule has 178 valence electrons. The molecule has 3 heterocycles. The largest absolute Gasteiger partial charge is 0.376 e. The van der Waals surface area contributed by atoms with Gasteiger partial charge in [-0.05, 0) is 63.9 Å². The van der Waals surface area contributed by atoms with Crippen LogP contribution < -0.4 is 5.32 Å². The third kappa shape index (κ3) is 4.88. The Kier molecular flexibility index (Phi) is 7.10. The van der Waals surface area contributed by atoms with Crippen LogP contribution in [-0.4, -0.2) is 56.4 Å². The van der Waals surface area contributed by atoms with Gasteiger partial charge in [-0.2, -0.15) is 10.4 Å². The lowest BCUT2D eigenvalue weighted by Gasteiger charge is -2.25. The predicted molar refractivity (Wildman–Crippen MR) is 129 cm³/mol. The van der Waals surface area contributed by atoms with E-state index in [1.165, 1.54) is 6.33 Å². The predicted octanol–water partition coefficient (Wildman–Crippen LogP) is 3.37. The number of ether oxygens (including phenoxy) is 1. The maximum absolute atomic E-state index is 13.0. The normalized spacial score (nSPS) is 16.5. The maximum Gasteiger partial charge on any atom is 0.239 e. The van der Waals surface area contributed by atoms with Crippen molar-refractivity contribution in [3.8, 4) is 11.8 Å². The zero-order chi connectivity index (χ0) is 24.2. The van der Waals surface area contributed by atoms with E-state index in [9.17, 15) is 10.1 Å².